The van der Waals surface area contributed by atoms with Gasteiger partial charge < -0.3 is 26.3 Å². The van der Waals surface area contributed by atoms with Gasteiger partial charge in [-0.25, -0.2) is 4.98 Å². The van der Waals surface area contributed by atoms with E-state index in [0.717, 1.165) is 43.6 Å². The van der Waals surface area contributed by atoms with E-state index in [4.69, 9.17) is 5.41 Å². The van der Waals surface area contributed by atoms with Crippen molar-refractivity contribution in [3.05, 3.63) is 95.2 Å². The van der Waals surface area contributed by atoms with Crippen LogP contribution in [0.4, 0.5) is 24.5 Å². The summed E-state index contributed by atoms with van der Waals surface area (Å²) in [6.07, 6.45) is 7.62. The van der Waals surface area contributed by atoms with E-state index in [-0.39, 0.29) is 12.1 Å². The number of piperidine rings is 1. The van der Waals surface area contributed by atoms with Gasteiger partial charge in [0.05, 0.1) is 23.1 Å². The summed E-state index contributed by atoms with van der Waals surface area (Å²) in [5, 5.41) is 17.1. The maximum atomic E-state index is 13.0. The van der Waals surface area contributed by atoms with Gasteiger partial charge in [0, 0.05) is 42.3 Å². The minimum atomic E-state index is -4.50. The Morgan fingerprint density at radius 1 is 1.18 bits per heavy atom. The van der Waals surface area contributed by atoms with Gasteiger partial charge in [-0.05, 0) is 88.7 Å². The molecule has 0 bridgehead atoms. The number of hydrogen-bond donors (Lipinski definition) is 4. The number of rotatable bonds is 9. The first-order valence-corrected chi connectivity index (χ1v) is 14.3. The molecule has 11 heteroatoms. The lowest BCUT2D eigenvalue weighted by Crippen LogP contribution is -2.39. The summed E-state index contributed by atoms with van der Waals surface area (Å²) in [5.74, 6) is 5.78. The summed E-state index contributed by atoms with van der Waals surface area (Å²) in [5.41, 5.74) is 3.28. The molecule has 0 atom stereocenters. The van der Waals surface area contributed by atoms with E-state index >= 15 is 0 Å². The second-order valence-corrected chi connectivity index (χ2v) is 10.5. The largest absolute Gasteiger partial charge is 0.416 e. The number of halogens is 3. The molecule has 44 heavy (non-hydrogen) atoms. The Hall–Kier alpha value is -4.82. The molecule has 3 heterocycles. The lowest BCUT2D eigenvalue weighted by Gasteiger charge is -2.29. The molecule has 1 fully saturated rings. The number of carbonyl (C=O) groups is 1. The zero-order valence-corrected chi connectivity index (χ0v) is 24.9. The zero-order valence-electron chi connectivity index (χ0n) is 24.9. The zero-order chi connectivity index (χ0) is 31.7. The number of nitrogens with zero attached hydrogens (tertiary/aromatic N) is 3. The van der Waals surface area contributed by atoms with Crippen LogP contribution in [0.5, 0.6) is 0 Å². The minimum absolute atomic E-state index is 0.0716. The highest BCUT2D eigenvalue weighted by atomic mass is 19.4. The molecule has 8 nitrogen and oxygen atoms in total. The monoisotopic (exact) mass is 603 g/mol. The summed E-state index contributed by atoms with van der Waals surface area (Å²) in [6, 6.07) is 8.62. The first-order chi connectivity index (χ1) is 21.1. The van der Waals surface area contributed by atoms with Crippen molar-refractivity contribution in [3.63, 3.8) is 0 Å². The summed E-state index contributed by atoms with van der Waals surface area (Å²) < 4.78 is 40.9. The number of anilines is 2. The number of benzene rings is 1. The molecule has 1 aliphatic heterocycles. The number of likely N-dealkylation sites (tertiary alicyclic amines) is 1. The van der Waals surface area contributed by atoms with Crippen LogP contribution in [0, 0.1) is 17.3 Å². The van der Waals surface area contributed by atoms with E-state index in [1.165, 1.54) is 18.3 Å². The average molecular weight is 604 g/mol. The van der Waals surface area contributed by atoms with Gasteiger partial charge in [-0.2, -0.15) is 13.2 Å². The van der Waals surface area contributed by atoms with Crippen LogP contribution in [-0.4, -0.2) is 52.6 Å². The van der Waals surface area contributed by atoms with Gasteiger partial charge in [0.15, 0.2) is 5.65 Å². The summed E-state index contributed by atoms with van der Waals surface area (Å²) in [7, 11) is 2.12. The quantitative estimate of drug-likeness (QED) is 0.132. The van der Waals surface area contributed by atoms with Crippen molar-refractivity contribution >= 4 is 29.1 Å². The predicted molar refractivity (Wildman–Crippen MR) is 168 cm³/mol. The Balaban J connectivity index is 1.48. The van der Waals surface area contributed by atoms with Gasteiger partial charge >= 0.3 is 6.18 Å². The smallest absolute Gasteiger partial charge is 0.386 e. The maximum absolute atomic E-state index is 13.0. The fourth-order valence-corrected chi connectivity index (χ4v) is 4.63. The highest BCUT2D eigenvalue weighted by Gasteiger charge is 2.30. The van der Waals surface area contributed by atoms with E-state index in [9.17, 15) is 18.0 Å². The normalized spacial score (nSPS) is 15.5. The highest BCUT2D eigenvalue weighted by Crippen LogP contribution is 2.30. The van der Waals surface area contributed by atoms with Gasteiger partial charge in [-0.15, -0.1) is 0 Å². The molecule has 3 aromatic rings. The third kappa shape index (κ3) is 8.61. The lowest BCUT2D eigenvalue weighted by molar-refractivity contribution is -0.137. The molecule has 0 saturated carbocycles. The van der Waals surface area contributed by atoms with Crippen molar-refractivity contribution in [1.82, 2.24) is 19.6 Å². The molecule has 1 aromatic carbocycles. The van der Waals surface area contributed by atoms with Crippen LogP contribution in [0.3, 0.4) is 0 Å². The predicted octanol–water partition coefficient (Wildman–Crippen LogP) is 6.21. The van der Waals surface area contributed by atoms with Crippen LogP contribution < -0.4 is 16.0 Å². The SMILES string of the molecule is C/C=C(C)\C(C#Cc1cnc2c(N/C(C=N)=C/NC3CCN(C)CC3)cccn12)=C/CC(=O)Nc1cccc(C(F)(F)F)c1. The number of carbonyl (C=O) groups excluding carboxylic acids is 1. The molecular weight excluding hydrogens is 567 g/mol. The van der Waals surface area contributed by atoms with E-state index in [0.29, 0.717) is 34.3 Å². The van der Waals surface area contributed by atoms with Gasteiger partial charge in [0.25, 0.3) is 0 Å². The number of pyridine rings is 1. The van der Waals surface area contributed by atoms with Crippen LogP contribution in [0.15, 0.2) is 84.0 Å². The van der Waals surface area contributed by atoms with Crippen molar-refractivity contribution in [2.75, 3.05) is 30.8 Å². The molecule has 1 saturated heterocycles. The van der Waals surface area contributed by atoms with Crippen LogP contribution in [0.25, 0.3) is 5.65 Å². The number of nitrogens with one attached hydrogen (secondary N) is 4. The van der Waals surface area contributed by atoms with E-state index in [2.05, 4.69) is 44.7 Å². The highest BCUT2D eigenvalue weighted by molar-refractivity contribution is 5.92. The first-order valence-electron chi connectivity index (χ1n) is 14.3. The van der Waals surface area contributed by atoms with E-state index in [1.54, 1.807) is 12.3 Å². The van der Waals surface area contributed by atoms with Gasteiger partial charge in [-0.1, -0.05) is 24.1 Å². The Labute approximate surface area is 255 Å². The number of aromatic nitrogens is 2. The van der Waals surface area contributed by atoms with Crippen LogP contribution >= 0.6 is 0 Å². The minimum Gasteiger partial charge on any atom is -0.386 e. The fourth-order valence-electron chi connectivity index (χ4n) is 4.63. The third-order valence-corrected chi connectivity index (χ3v) is 7.31. The van der Waals surface area contributed by atoms with Crippen LogP contribution in [-0.2, 0) is 11.0 Å². The molecule has 0 radical (unpaired) electrons. The first kappa shape index (κ1) is 32.1. The second kappa shape index (κ2) is 14.6. The van der Waals surface area contributed by atoms with Crippen molar-refractivity contribution in [1.29, 1.82) is 5.41 Å². The Morgan fingerprint density at radius 2 is 1.95 bits per heavy atom. The summed E-state index contributed by atoms with van der Waals surface area (Å²) in [4.78, 5) is 19.4. The molecule has 1 aliphatic rings. The summed E-state index contributed by atoms with van der Waals surface area (Å²) in [6.45, 7) is 5.80. The number of hydrogen-bond acceptors (Lipinski definition) is 6. The molecule has 0 spiro atoms. The molecule has 230 valence electrons. The standard InChI is InChI=1S/C33H36F3N7O/c1-4-23(2)24(11-13-31(44)41-27-8-5-7-25(19-27)33(34,35)36)10-12-29-22-39-32-30(9-6-16-43(29)32)40-28(20-37)21-38-26-14-17-42(3)18-15-26/h4-9,11,16,19-22,26,37-38,40H,13-15,17-18H2,1-3H3,(H,41,44)/b23-4-,24-11-,28-21+,37-20?. The molecule has 1 amide bonds. The Bertz CT molecular complexity index is 1650. The van der Waals surface area contributed by atoms with Crippen molar-refractivity contribution in [3.8, 4) is 11.8 Å². The van der Waals surface area contributed by atoms with Crippen LogP contribution in [0.1, 0.15) is 44.4 Å². The van der Waals surface area contributed by atoms with E-state index < -0.39 is 17.6 Å². The van der Waals surface area contributed by atoms with Gasteiger partial charge in [-0.3, -0.25) is 9.20 Å². The van der Waals surface area contributed by atoms with Crippen molar-refractivity contribution in [2.24, 2.45) is 0 Å². The number of fused-ring (bicyclic) bond motifs is 1. The third-order valence-electron chi connectivity index (χ3n) is 7.31. The van der Waals surface area contributed by atoms with Crippen molar-refractivity contribution in [2.45, 2.75) is 45.3 Å². The Morgan fingerprint density at radius 3 is 2.66 bits per heavy atom. The second-order valence-electron chi connectivity index (χ2n) is 10.5. The average Bonchev–Trinajstić information content (AvgIpc) is 3.43. The number of alkyl halides is 3. The molecule has 2 aromatic heterocycles. The molecule has 0 unspecified atom stereocenters. The fraction of sp³-hybridized carbons (Fsp3) is 0.303. The molecular formula is C33H36F3N7O. The number of imidazole rings is 1. The lowest BCUT2D eigenvalue weighted by atomic mass is 10.1. The Kier molecular flexibility index (Phi) is 10.6. The topological polar surface area (TPSA) is 97.6 Å². The summed E-state index contributed by atoms with van der Waals surface area (Å²) >= 11 is 0. The molecule has 4 N–H and O–H groups in total. The molecule has 0 aliphatic carbocycles. The molecule has 4 rings (SSSR count). The van der Waals surface area contributed by atoms with Crippen molar-refractivity contribution < 1.29 is 18.0 Å². The van der Waals surface area contributed by atoms with Gasteiger partial charge in [0.2, 0.25) is 5.91 Å². The van der Waals surface area contributed by atoms with Gasteiger partial charge in [0.1, 0.15) is 5.69 Å². The maximum Gasteiger partial charge on any atom is 0.416 e. The van der Waals surface area contributed by atoms with E-state index in [1.807, 2.05) is 48.9 Å². The number of allylic oxidation sites excluding steroid dienone is 4. The number of amides is 1. The van der Waals surface area contributed by atoms with Crippen LogP contribution in [0.2, 0.25) is 0 Å².